The van der Waals surface area contributed by atoms with Gasteiger partial charge in [0.2, 0.25) is 0 Å². The van der Waals surface area contributed by atoms with Crippen LogP contribution in [0.2, 0.25) is 0 Å². The molecule has 1 aliphatic carbocycles. The Bertz CT molecular complexity index is 701. The molecular weight excluding hydrogens is 305 g/mol. The first-order valence-corrected chi connectivity index (χ1v) is 7.68. The number of carbonyl (C=O) groups is 1. The normalized spacial score (nSPS) is 22.0. The maximum Gasteiger partial charge on any atom is 0.391 e. The van der Waals surface area contributed by atoms with Gasteiger partial charge < -0.3 is 4.74 Å². The lowest BCUT2D eigenvalue weighted by Crippen LogP contribution is -2.31. The quantitative estimate of drug-likeness (QED) is 0.730. The van der Waals surface area contributed by atoms with Crippen LogP contribution in [-0.4, -0.2) is 18.6 Å². The Morgan fingerprint density at radius 3 is 2.26 bits per heavy atom. The highest BCUT2D eigenvalue weighted by atomic mass is 19.4. The number of halogens is 3. The summed E-state index contributed by atoms with van der Waals surface area (Å²) in [7, 11) is 0. The van der Waals surface area contributed by atoms with Crippen molar-refractivity contribution in [1.29, 1.82) is 0 Å². The molecule has 0 amide bonds. The fraction of sp³-hybridized carbons (Fsp3) is 0.389. The van der Waals surface area contributed by atoms with Crippen LogP contribution in [0.25, 0.3) is 10.8 Å². The summed E-state index contributed by atoms with van der Waals surface area (Å²) < 4.78 is 43.8. The molecule has 0 aromatic heterocycles. The van der Waals surface area contributed by atoms with Crippen molar-refractivity contribution >= 4 is 17.1 Å². The fourth-order valence-electron chi connectivity index (χ4n) is 3.09. The molecule has 5 heteroatoms. The van der Waals surface area contributed by atoms with E-state index < -0.39 is 12.1 Å². The van der Waals surface area contributed by atoms with Crippen molar-refractivity contribution < 1.29 is 22.7 Å². The topological polar surface area (TPSA) is 26.3 Å². The monoisotopic (exact) mass is 322 g/mol. The van der Waals surface area contributed by atoms with Gasteiger partial charge in [0.15, 0.2) is 0 Å². The van der Waals surface area contributed by atoms with Crippen molar-refractivity contribution in [3.8, 4) is 5.75 Å². The summed E-state index contributed by atoms with van der Waals surface area (Å²) in [5, 5.41) is 1.87. The molecule has 2 aromatic rings. The second kappa shape index (κ2) is 6.22. The minimum absolute atomic E-state index is 0.129. The molecule has 2 aromatic carbocycles. The molecule has 0 aliphatic heterocycles. The molecule has 122 valence electrons. The number of fused-ring (bicyclic) bond motifs is 1. The van der Waals surface area contributed by atoms with E-state index in [2.05, 4.69) is 0 Å². The molecule has 0 saturated heterocycles. The molecule has 1 aliphatic rings. The third-order valence-corrected chi connectivity index (χ3v) is 4.41. The van der Waals surface area contributed by atoms with E-state index in [4.69, 9.17) is 4.74 Å². The molecule has 2 nitrogen and oxygen atoms in total. The van der Waals surface area contributed by atoms with E-state index in [1.54, 1.807) is 18.2 Å². The van der Waals surface area contributed by atoms with Crippen LogP contribution < -0.4 is 4.74 Å². The molecule has 0 N–H and O–H groups in total. The zero-order valence-corrected chi connectivity index (χ0v) is 12.5. The third-order valence-electron chi connectivity index (χ3n) is 4.41. The lowest BCUT2D eigenvalue weighted by atomic mass is 9.87. The summed E-state index contributed by atoms with van der Waals surface area (Å²) in [6, 6.07) is 10.9. The maximum atomic E-state index is 12.7. The van der Waals surface area contributed by atoms with E-state index in [9.17, 15) is 18.0 Å². The summed E-state index contributed by atoms with van der Waals surface area (Å²) >= 11 is 0. The van der Waals surface area contributed by atoms with Gasteiger partial charge in [0.05, 0.1) is 12.0 Å². The molecule has 0 unspecified atom stereocenters. The van der Waals surface area contributed by atoms with E-state index in [-0.39, 0.29) is 18.9 Å². The number of benzene rings is 2. The summed E-state index contributed by atoms with van der Waals surface area (Å²) in [6.45, 7) is 0. The first kappa shape index (κ1) is 15.8. The predicted octanol–water partition coefficient (Wildman–Crippen LogP) is 5.15. The van der Waals surface area contributed by atoms with Crippen LogP contribution in [0.1, 0.15) is 36.0 Å². The van der Waals surface area contributed by atoms with Crippen LogP contribution in [-0.2, 0) is 0 Å². The highest BCUT2D eigenvalue weighted by Gasteiger charge is 2.41. The van der Waals surface area contributed by atoms with Gasteiger partial charge in [-0.15, -0.1) is 0 Å². The molecule has 0 radical (unpaired) electrons. The second-order valence-corrected chi connectivity index (χ2v) is 6.02. The Kier molecular flexibility index (Phi) is 4.28. The molecule has 0 bridgehead atoms. The Balaban J connectivity index is 1.67. The van der Waals surface area contributed by atoms with Crippen LogP contribution >= 0.6 is 0 Å². The van der Waals surface area contributed by atoms with E-state index in [1.807, 2.05) is 18.2 Å². The number of carbonyl (C=O) groups excluding carboxylic acids is 1. The highest BCUT2D eigenvalue weighted by molar-refractivity contribution is 5.89. The third kappa shape index (κ3) is 3.66. The molecule has 0 atom stereocenters. The van der Waals surface area contributed by atoms with Crippen molar-refractivity contribution in [2.45, 2.75) is 38.0 Å². The standard InChI is InChI=1S/C18H17F3O2/c19-18(20,21)15-4-7-16(8-5-15)23-17-6-3-13-9-12(11-22)1-2-14(13)10-17/h1-3,6,9-11,15-16H,4-5,7-8H2. The van der Waals surface area contributed by atoms with E-state index in [0.29, 0.717) is 24.2 Å². The molecule has 1 fully saturated rings. The second-order valence-electron chi connectivity index (χ2n) is 6.02. The van der Waals surface area contributed by atoms with Gasteiger partial charge in [0.25, 0.3) is 0 Å². The zero-order valence-electron chi connectivity index (χ0n) is 12.5. The number of aldehydes is 1. The fourth-order valence-corrected chi connectivity index (χ4v) is 3.09. The van der Waals surface area contributed by atoms with Crippen LogP contribution in [0.4, 0.5) is 13.2 Å². The van der Waals surface area contributed by atoms with Crippen molar-refractivity contribution in [3.05, 3.63) is 42.0 Å². The Labute approximate surface area is 132 Å². The average molecular weight is 322 g/mol. The predicted molar refractivity (Wildman–Crippen MR) is 81.8 cm³/mol. The lowest BCUT2D eigenvalue weighted by Gasteiger charge is -2.30. The first-order valence-electron chi connectivity index (χ1n) is 7.68. The largest absolute Gasteiger partial charge is 0.490 e. The minimum atomic E-state index is -4.09. The van der Waals surface area contributed by atoms with E-state index in [0.717, 1.165) is 17.1 Å². The average Bonchev–Trinajstić information content (AvgIpc) is 2.54. The summed E-state index contributed by atoms with van der Waals surface area (Å²) in [5.41, 5.74) is 0.608. The Morgan fingerprint density at radius 1 is 0.957 bits per heavy atom. The van der Waals surface area contributed by atoms with Gasteiger partial charge in [0, 0.05) is 5.56 Å². The van der Waals surface area contributed by atoms with E-state index in [1.165, 1.54) is 0 Å². The zero-order chi connectivity index (χ0) is 16.4. The minimum Gasteiger partial charge on any atom is -0.490 e. The Hall–Kier alpha value is -2.04. The number of ether oxygens (including phenoxy) is 1. The number of alkyl halides is 3. The van der Waals surface area contributed by atoms with Gasteiger partial charge in [-0.2, -0.15) is 13.2 Å². The van der Waals surface area contributed by atoms with Crippen LogP contribution in [0, 0.1) is 5.92 Å². The highest BCUT2D eigenvalue weighted by Crippen LogP contribution is 2.38. The van der Waals surface area contributed by atoms with Gasteiger partial charge in [-0.1, -0.05) is 18.2 Å². The van der Waals surface area contributed by atoms with Gasteiger partial charge in [0.1, 0.15) is 12.0 Å². The van der Waals surface area contributed by atoms with Crippen LogP contribution in [0.5, 0.6) is 5.75 Å². The molecule has 3 rings (SSSR count). The molecule has 0 spiro atoms. The van der Waals surface area contributed by atoms with E-state index >= 15 is 0 Å². The van der Waals surface area contributed by atoms with Crippen LogP contribution in [0.3, 0.4) is 0 Å². The van der Waals surface area contributed by atoms with Crippen molar-refractivity contribution in [1.82, 2.24) is 0 Å². The van der Waals surface area contributed by atoms with Crippen molar-refractivity contribution in [2.24, 2.45) is 5.92 Å². The molecule has 23 heavy (non-hydrogen) atoms. The van der Waals surface area contributed by atoms with Crippen molar-refractivity contribution in [2.75, 3.05) is 0 Å². The molecule has 0 heterocycles. The summed E-state index contributed by atoms with van der Waals surface area (Å²) in [6.07, 6.45) is -2.36. The first-order chi connectivity index (χ1) is 11.0. The SMILES string of the molecule is O=Cc1ccc2cc(OC3CCC(C(F)(F)F)CC3)ccc2c1. The maximum absolute atomic E-state index is 12.7. The lowest BCUT2D eigenvalue weighted by molar-refractivity contribution is -0.185. The number of rotatable bonds is 3. The van der Waals surface area contributed by atoms with Gasteiger partial charge >= 0.3 is 6.18 Å². The van der Waals surface area contributed by atoms with Crippen molar-refractivity contribution in [3.63, 3.8) is 0 Å². The smallest absolute Gasteiger partial charge is 0.391 e. The van der Waals surface area contributed by atoms with Gasteiger partial charge in [-0.25, -0.2) is 0 Å². The van der Waals surface area contributed by atoms with Gasteiger partial charge in [-0.05, 0) is 54.7 Å². The molecule has 1 saturated carbocycles. The number of hydrogen-bond acceptors (Lipinski definition) is 2. The summed E-state index contributed by atoms with van der Waals surface area (Å²) in [4.78, 5) is 10.8. The molecular formula is C18H17F3O2. The summed E-state index contributed by atoms with van der Waals surface area (Å²) in [5.74, 6) is -0.535. The number of hydrogen-bond donors (Lipinski definition) is 0. The Morgan fingerprint density at radius 2 is 1.61 bits per heavy atom. The van der Waals surface area contributed by atoms with Crippen LogP contribution in [0.15, 0.2) is 36.4 Å². The van der Waals surface area contributed by atoms with Gasteiger partial charge in [-0.3, -0.25) is 4.79 Å².